The van der Waals surface area contributed by atoms with E-state index in [1.54, 1.807) is 11.6 Å². The van der Waals surface area contributed by atoms with Crippen LogP contribution < -0.4 is 11.1 Å². The first kappa shape index (κ1) is 15.1. The van der Waals surface area contributed by atoms with Crippen LogP contribution in [0.25, 0.3) is 0 Å². The van der Waals surface area contributed by atoms with Crippen LogP contribution in [0, 0.1) is 18.6 Å². The van der Waals surface area contributed by atoms with Crippen molar-refractivity contribution in [2.75, 3.05) is 11.9 Å². The number of hydrogen-bond donors (Lipinski definition) is 2. The van der Waals surface area contributed by atoms with Gasteiger partial charge in [-0.15, -0.1) is 0 Å². The molecule has 7 heteroatoms. The SMILES string of the molecule is Cc1c(C(=O)Nc2ccc(F)cc2F)cnn1CCCN. The molecule has 0 radical (unpaired) electrons. The zero-order valence-electron chi connectivity index (χ0n) is 11.6. The molecule has 0 bridgehead atoms. The lowest BCUT2D eigenvalue weighted by Gasteiger charge is -2.07. The fourth-order valence-corrected chi connectivity index (χ4v) is 1.92. The van der Waals surface area contributed by atoms with E-state index in [1.165, 1.54) is 12.3 Å². The Bertz CT molecular complexity index is 654. The maximum absolute atomic E-state index is 13.5. The molecule has 1 amide bonds. The van der Waals surface area contributed by atoms with Crippen molar-refractivity contribution in [1.29, 1.82) is 0 Å². The number of nitrogens with one attached hydrogen (secondary N) is 1. The summed E-state index contributed by atoms with van der Waals surface area (Å²) in [5.41, 5.74) is 6.37. The van der Waals surface area contributed by atoms with Gasteiger partial charge in [-0.25, -0.2) is 8.78 Å². The largest absolute Gasteiger partial charge is 0.330 e. The molecule has 1 aromatic carbocycles. The summed E-state index contributed by atoms with van der Waals surface area (Å²) >= 11 is 0. The molecule has 0 aliphatic rings. The van der Waals surface area contributed by atoms with Crippen molar-refractivity contribution in [3.8, 4) is 0 Å². The Kier molecular flexibility index (Phi) is 4.64. The van der Waals surface area contributed by atoms with Crippen LogP contribution in [0.3, 0.4) is 0 Å². The van der Waals surface area contributed by atoms with E-state index in [0.29, 0.717) is 30.4 Å². The van der Waals surface area contributed by atoms with Crippen molar-refractivity contribution in [3.63, 3.8) is 0 Å². The van der Waals surface area contributed by atoms with Crippen LogP contribution in [-0.4, -0.2) is 22.2 Å². The maximum Gasteiger partial charge on any atom is 0.259 e. The number of carbonyl (C=O) groups excluding carboxylic acids is 1. The van der Waals surface area contributed by atoms with Crippen molar-refractivity contribution in [3.05, 3.63) is 47.3 Å². The summed E-state index contributed by atoms with van der Waals surface area (Å²) in [6, 6.07) is 2.97. The van der Waals surface area contributed by atoms with E-state index in [2.05, 4.69) is 10.4 Å². The molecule has 0 aliphatic heterocycles. The van der Waals surface area contributed by atoms with E-state index >= 15 is 0 Å². The van der Waals surface area contributed by atoms with Gasteiger partial charge in [0.25, 0.3) is 5.91 Å². The van der Waals surface area contributed by atoms with Crippen molar-refractivity contribution >= 4 is 11.6 Å². The van der Waals surface area contributed by atoms with Crippen LogP contribution in [0.2, 0.25) is 0 Å². The van der Waals surface area contributed by atoms with E-state index in [4.69, 9.17) is 5.73 Å². The molecule has 1 aromatic heterocycles. The van der Waals surface area contributed by atoms with Crippen LogP contribution >= 0.6 is 0 Å². The Morgan fingerprint density at radius 3 is 2.86 bits per heavy atom. The molecule has 0 fully saturated rings. The van der Waals surface area contributed by atoms with Crippen LogP contribution in [0.1, 0.15) is 22.5 Å². The number of nitrogens with zero attached hydrogens (tertiary/aromatic N) is 2. The molecule has 0 aliphatic carbocycles. The van der Waals surface area contributed by atoms with Crippen molar-refractivity contribution in [1.82, 2.24) is 9.78 Å². The number of amides is 1. The highest BCUT2D eigenvalue weighted by Gasteiger charge is 2.15. The number of aryl methyl sites for hydroxylation is 1. The Hall–Kier alpha value is -2.28. The molecule has 112 valence electrons. The fourth-order valence-electron chi connectivity index (χ4n) is 1.92. The number of halogens is 2. The highest BCUT2D eigenvalue weighted by molar-refractivity contribution is 6.04. The highest BCUT2D eigenvalue weighted by atomic mass is 19.1. The second-order valence-electron chi connectivity index (χ2n) is 4.59. The molecule has 2 rings (SSSR count). The quantitative estimate of drug-likeness (QED) is 0.886. The third-order valence-electron chi connectivity index (χ3n) is 3.10. The van der Waals surface area contributed by atoms with E-state index in [1.807, 2.05) is 0 Å². The molecule has 0 unspecified atom stereocenters. The molecular weight excluding hydrogens is 278 g/mol. The Morgan fingerprint density at radius 2 is 2.19 bits per heavy atom. The molecule has 21 heavy (non-hydrogen) atoms. The lowest BCUT2D eigenvalue weighted by molar-refractivity contribution is 0.102. The molecule has 0 saturated heterocycles. The van der Waals surface area contributed by atoms with Gasteiger partial charge in [-0.05, 0) is 32.0 Å². The van der Waals surface area contributed by atoms with E-state index in [9.17, 15) is 13.6 Å². The van der Waals surface area contributed by atoms with E-state index < -0.39 is 17.5 Å². The zero-order chi connectivity index (χ0) is 15.4. The Labute approximate surface area is 120 Å². The molecule has 0 spiro atoms. The van der Waals surface area contributed by atoms with Gasteiger partial charge in [-0.3, -0.25) is 9.48 Å². The van der Waals surface area contributed by atoms with Gasteiger partial charge in [0.15, 0.2) is 0 Å². The first-order chi connectivity index (χ1) is 10.0. The maximum atomic E-state index is 13.5. The number of benzene rings is 1. The predicted octanol–water partition coefficient (Wildman–Crippen LogP) is 2.07. The first-order valence-electron chi connectivity index (χ1n) is 6.52. The summed E-state index contributed by atoms with van der Waals surface area (Å²) in [4.78, 5) is 12.1. The summed E-state index contributed by atoms with van der Waals surface area (Å²) in [6.45, 7) is 2.89. The Balaban J connectivity index is 2.15. The van der Waals surface area contributed by atoms with E-state index in [0.717, 1.165) is 12.5 Å². The minimum absolute atomic E-state index is 0.0736. The number of aromatic nitrogens is 2. The summed E-state index contributed by atoms with van der Waals surface area (Å²) in [6.07, 6.45) is 2.17. The smallest absolute Gasteiger partial charge is 0.259 e. The van der Waals surface area contributed by atoms with Crippen LogP contribution in [0.5, 0.6) is 0 Å². The number of carbonyl (C=O) groups is 1. The second-order valence-corrected chi connectivity index (χ2v) is 4.59. The summed E-state index contributed by atoms with van der Waals surface area (Å²) < 4.78 is 28.0. The van der Waals surface area contributed by atoms with Gasteiger partial charge in [0, 0.05) is 18.3 Å². The molecule has 2 aromatic rings. The van der Waals surface area contributed by atoms with Gasteiger partial charge in [0.1, 0.15) is 11.6 Å². The van der Waals surface area contributed by atoms with Gasteiger partial charge < -0.3 is 11.1 Å². The number of hydrogen-bond acceptors (Lipinski definition) is 3. The molecule has 0 saturated carbocycles. The third kappa shape index (κ3) is 3.43. The van der Waals surface area contributed by atoms with Crippen LogP contribution in [0.4, 0.5) is 14.5 Å². The number of nitrogens with two attached hydrogens (primary N) is 1. The van der Waals surface area contributed by atoms with Crippen molar-refractivity contribution in [2.45, 2.75) is 19.9 Å². The second kappa shape index (κ2) is 6.45. The van der Waals surface area contributed by atoms with Gasteiger partial charge in [-0.2, -0.15) is 5.10 Å². The zero-order valence-corrected chi connectivity index (χ0v) is 11.6. The molecule has 0 atom stereocenters. The van der Waals surface area contributed by atoms with Gasteiger partial charge >= 0.3 is 0 Å². The minimum atomic E-state index is -0.823. The number of rotatable bonds is 5. The fraction of sp³-hybridized carbons (Fsp3) is 0.286. The lowest BCUT2D eigenvalue weighted by atomic mass is 10.2. The molecular formula is C14H16F2N4O. The first-order valence-corrected chi connectivity index (χ1v) is 6.52. The average molecular weight is 294 g/mol. The Morgan fingerprint density at radius 1 is 1.43 bits per heavy atom. The van der Waals surface area contributed by atoms with Gasteiger partial charge in [0.2, 0.25) is 0 Å². The average Bonchev–Trinajstić information content (AvgIpc) is 2.81. The molecule has 5 nitrogen and oxygen atoms in total. The predicted molar refractivity (Wildman–Crippen MR) is 74.9 cm³/mol. The normalized spacial score (nSPS) is 10.7. The van der Waals surface area contributed by atoms with Crippen LogP contribution in [0.15, 0.2) is 24.4 Å². The summed E-state index contributed by atoms with van der Waals surface area (Å²) in [5.74, 6) is -2.01. The lowest BCUT2D eigenvalue weighted by Crippen LogP contribution is -2.15. The van der Waals surface area contributed by atoms with Gasteiger partial charge in [0.05, 0.1) is 17.4 Å². The van der Waals surface area contributed by atoms with Crippen molar-refractivity contribution < 1.29 is 13.6 Å². The monoisotopic (exact) mass is 294 g/mol. The number of anilines is 1. The molecule has 3 N–H and O–H groups in total. The summed E-state index contributed by atoms with van der Waals surface area (Å²) in [7, 11) is 0. The van der Waals surface area contributed by atoms with Crippen molar-refractivity contribution in [2.24, 2.45) is 5.73 Å². The van der Waals surface area contributed by atoms with Gasteiger partial charge in [-0.1, -0.05) is 0 Å². The third-order valence-corrected chi connectivity index (χ3v) is 3.10. The van der Waals surface area contributed by atoms with E-state index in [-0.39, 0.29) is 5.69 Å². The standard InChI is InChI=1S/C14H16F2N4O/c1-9-11(8-18-20(9)6-2-5-17)14(21)19-13-4-3-10(15)7-12(13)16/h3-4,7-8H,2,5-6,17H2,1H3,(H,19,21). The highest BCUT2D eigenvalue weighted by Crippen LogP contribution is 2.17. The molecule has 1 heterocycles. The van der Waals surface area contributed by atoms with Crippen LogP contribution in [-0.2, 0) is 6.54 Å². The summed E-state index contributed by atoms with van der Waals surface area (Å²) in [5, 5.41) is 6.50. The minimum Gasteiger partial charge on any atom is -0.330 e. The topological polar surface area (TPSA) is 72.9 Å².